The Morgan fingerprint density at radius 2 is 1.62 bits per heavy atom. The van der Waals surface area contributed by atoms with Crippen LogP contribution < -0.4 is 9.47 Å². The Labute approximate surface area is 141 Å². The van der Waals surface area contributed by atoms with E-state index in [1.807, 2.05) is 0 Å². The number of benzene rings is 2. The summed E-state index contributed by atoms with van der Waals surface area (Å²) in [5.41, 5.74) is 0.468. The summed E-state index contributed by atoms with van der Waals surface area (Å²) in [4.78, 5) is 0.207. The summed E-state index contributed by atoms with van der Waals surface area (Å²) in [5.74, 6) is 1.06. The minimum atomic E-state index is -3.44. The minimum Gasteiger partial charge on any atom is -0.490 e. The number of sulfonamides is 1. The molecule has 0 aromatic heterocycles. The third-order valence-corrected chi connectivity index (χ3v) is 5.05. The van der Waals surface area contributed by atoms with Crippen molar-refractivity contribution in [2.24, 2.45) is 0 Å². The van der Waals surface area contributed by atoms with E-state index >= 15 is 0 Å². The van der Waals surface area contributed by atoms with Gasteiger partial charge in [0.25, 0.3) is 0 Å². The summed E-state index contributed by atoms with van der Waals surface area (Å²) in [6.45, 7) is 0.552. The van der Waals surface area contributed by atoms with Gasteiger partial charge in [0.15, 0.2) is 0 Å². The van der Waals surface area contributed by atoms with Gasteiger partial charge in [-0.15, -0.1) is 0 Å². The van der Waals surface area contributed by atoms with Gasteiger partial charge in [-0.05, 0) is 36.4 Å². The minimum absolute atomic E-state index is 0.207. The van der Waals surface area contributed by atoms with Gasteiger partial charge in [0, 0.05) is 14.1 Å². The second kappa shape index (κ2) is 7.81. The van der Waals surface area contributed by atoms with Gasteiger partial charge in [-0.2, -0.15) is 5.26 Å². The van der Waals surface area contributed by atoms with Crippen molar-refractivity contribution in [1.29, 1.82) is 5.26 Å². The molecule has 6 nitrogen and oxygen atoms in total. The molecular weight excluding hydrogens is 328 g/mol. The summed E-state index contributed by atoms with van der Waals surface area (Å²) in [6, 6.07) is 15.2. The van der Waals surface area contributed by atoms with Gasteiger partial charge < -0.3 is 9.47 Å². The Balaban J connectivity index is 1.89. The first-order valence-electron chi connectivity index (χ1n) is 7.22. The van der Waals surface area contributed by atoms with Crippen LogP contribution in [0.25, 0.3) is 0 Å². The SMILES string of the molecule is CN(C)S(=O)(=O)c1ccc(OCCOc2ccccc2C#N)cc1. The van der Waals surface area contributed by atoms with Crippen LogP contribution in [0.15, 0.2) is 53.4 Å². The molecule has 2 aromatic rings. The number of para-hydroxylation sites is 1. The number of rotatable bonds is 7. The van der Waals surface area contributed by atoms with Crippen LogP contribution in [0.4, 0.5) is 0 Å². The maximum atomic E-state index is 12.0. The van der Waals surface area contributed by atoms with Crippen molar-refractivity contribution in [3.63, 3.8) is 0 Å². The van der Waals surface area contributed by atoms with Gasteiger partial charge in [-0.3, -0.25) is 0 Å². The largest absolute Gasteiger partial charge is 0.490 e. The van der Waals surface area contributed by atoms with Crippen LogP contribution in [0, 0.1) is 11.3 Å². The van der Waals surface area contributed by atoms with Gasteiger partial charge in [0.2, 0.25) is 10.0 Å². The van der Waals surface area contributed by atoms with E-state index in [1.165, 1.54) is 26.2 Å². The van der Waals surface area contributed by atoms with E-state index in [1.54, 1.807) is 36.4 Å². The molecule has 0 N–H and O–H groups in total. The molecule has 0 bridgehead atoms. The second-order valence-electron chi connectivity index (χ2n) is 5.06. The van der Waals surface area contributed by atoms with E-state index in [0.717, 1.165) is 4.31 Å². The van der Waals surface area contributed by atoms with Crippen molar-refractivity contribution >= 4 is 10.0 Å². The molecule has 0 spiro atoms. The van der Waals surface area contributed by atoms with Gasteiger partial charge in [0.05, 0.1) is 10.5 Å². The van der Waals surface area contributed by atoms with Gasteiger partial charge >= 0.3 is 0 Å². The van der Waals surface area contributed by atoms with E-state index in [4.69, 9.17) is 14.7 Å². The maximum Gasteiger partial charge on any atom is 0.242 e. The average Bonchev–Trinajstić information content (AvgIpc) is 2.59. The molecular formula is C17H18N2O4S. The summed E-state index contributed by atoms with van der Waals surface area (Å²) in [5, 5.41) is 8.97. The first-order valence-corrected chi connectivity index (χ1v) is 8.66. The molecule has 0 radical (unpaired) electrons. The molecule has 0 aliphatic heterocycles. The lowest BCUT2D eigenvalue weighted by atomic mass is 10.2. The van der Waals surface area contributed by atoms with Crippen LogP contribution in [-0.4, -0.2) is 40.0 Å². The molecule has 0 atom stereocenters. The zero-order valence-corrected chi connectivity index (χ0v) is 14.3. The highest BCUT2D eigenvalue weighted by molar-refractivity contribution is 7.89. The maximum absolute atomic E-state index is 12.0. The molecule has 0 unspecified atom stereocenters. The van der Waals surface area contributed by atoms with Crippen LogP contribution in [-0.2, 0) is 10.0 Å². The molecule has 0 heterocycles. The molecule has 2 rings (SSSR count). The molecule has 0 saturated carbocycles. The standard InChI is InChI=1S/C17H18N2O4S/c1-19(2)24(20,21)16-9-7-15(8-10-16)22-11-12-23-17-6-4-3-5-14(17)13-18/h3-10H,11-12H2,1-2H3. The van der Waals surface area contributed by atoms with Crippen molar-refractivity contribution in [1.82, 2.24) is 4.31 Å². The molecule has 0 aliphatic carbocycles. The molecule has 0 fully saturated rings. The predicted octanol–water partition coefficient (Wildman–Crippen LogP) is 2.27. The summed E-state index contributed by atoms with van der Waals surface area (Å²) < 4.78 is 36.1. The number of ether oxygens (including phenoxy) is 2. The zero-order valence-electron chi connectivity index (χ0n) is 13.5. The van der Waals surface area contributed by atoms with Crippen LogP contribution in [0.5, 0.6) is 11.5 Å². The van der Waals surface area contributed by atoms with Crippen molar-refractivity contribution < 1.29 is 17.9 Å². The quantitative estimate of drug-likeness (QED) is 0.719. The van der Waals surface area contributed by atoms with Crippen molar-refractivity contribution in [3.05, 3.63) is 54.1 Å². The highest BCUT2D eigenvalue weighted by Gasteiger charge is 2.16. The normalized spacial score (nSPS) is 11.1. The Kier molecular flexibility index (Phi) is 5.79. The molecule has 0 amide bonds. The smallest absolute Gasteiger partial charge is 0.242 e. The second-order valence-corrected chi connectivity index (χ2v) is 7.22. The van der Waals surface area contributed by atoms with Crippen molar-refractivity contribution in [3.8, 4) is 17.6 Å². The third kappa shape index (κ3) is 4.25. The number of hydrogen-bond donors (Lipinski definition) is 0. The molecule has 0 saturated heterocycles. The Morgan fingerprint density at radius 1 is 1.00 bits per heavy atom. The average molecular weight is 346 g/mol. The summed E-state index contributed by atoms with van der Waals surface area (Å²) >= 11 is 0. The Hall–Kier alpha value is -2.56. The summed E-state index contributed by atoms with van der Waals surface area (Å²) in [6.07, 6.45) is 0. The van der Waals surface area contributed by atoms with Crippen LogP contribution in [0.3, 0.4) is 0 Å². The lowest BCUT2D eigenvalue weighted by Crippen LogP contribution is -2.22. The Bertz CT molecular complexity index is 824. The van der Waals surface area contributed by atoms with Crippen LogP contribution in [0.2, 0.25) is 0 Å². The topological polar surface area (TPSA) is 79.6 Å². The van der Waals surface area contributed by atoms with E-state index in [-0.39, 0.29) is 18.1 Å². The van der Waals surface area contributed by atoms with E-state index in [9.17, 15) is 8.42 Å². The van der Waals surface area contributed by atoms with Gasteiger partial charge in [-0.25, -0.2) is 12.7 Å². The van der Waals surface area contributed by atoms with Crippen LogP contribution in [0.1, 0.15) is 5.56 Å². The van der Waals surface area contributed by atoms with Gasteiger partial charge in [0.1, 0.15) is 30.8 Å². The fourth-order valence-electron chi connectivity index (χ4n) is 1.91. The molecule has 2 aromatic carbocycles. The monoisotopic (exact) mass is 346 g/mol. The number of nitriles is 1. The van der Waals surface area contributed by atoms with Crippen LogP contribution >= 0.6 is 0 Å². The Morgan fingerprint density at radius 3 is 2.25 bits per heavy atom. The molecule has 126 valence electrons. The lowest BCUT2D eigenvalue weighted by molar-refractivity contribution is 0.216. The predicted molar refractivity (Wildman–Crippen MR) is 89.5 cm³/mol. The number of hydrogen-bond acceptors (Lipinski definition) is 5. The highest BCUT2D eigenvalue weighted by atomic mass is 32.2. The van der Waals surface area contributed by atoms with E-state index < -0.39 is 10.0 Å². The van der Waals surface area contributed by atoms with Crippen molar-refractivity contribution in [2.75, 3.05) is 27.3 Å². The van der Waals surface area contributed by atoms with Crippen molar-refractivity contribution in [2.45, 2.75) is 4.90 Å². The molecule has 7 heteroatoms. The van der Waals surface area contributed by atoms with E-state index in [0.29, 0.717) is 17.1 Å². The fraction of sp³-hybridized carbons (Fsp3) is 0.235. The first-order chi connectivity index (χ1) is 11.4. The first kappa shape index (κ1) is 17.8. The highest BCUT2D eigenvalue weighted by Crippen LogP contribution is 2.19. The molecule has 0 aliphatic rings. The zero-order chi connectivity index (χ0) is 17.6. The number of nitrogens with zero attached hydrogens (tertiary/aromatic N) is 2. The fourth-order valence-corrected chi connectivity index (χ4v) is 2.82. The van der Waals surface area contributed by atoms with Gasteiger partial charge in [-0.1, -0.05) is 12.1 Å². The summed E-state index contributed by atoms with van der Waals surface area (Å²) in [7, 11) is -0.475. The lowest BCUT2D eigenvalue weighted by Gasteiger charge is -2.12. The van der Waals surface area contributed by atoms with E-state index in [2.05, 4.69) is 6.07 Å². The molecule has 24 heavy (non-hydrogen) atoms. The third-order valence-electron chi connectivity index (χ3n) is 3.22.